The molecule has 0 aliphatic heterocycles. The molecule has 2 amide bonds. The predicted molar refractivity (Wildman–Crippen MR) is 101 cm³/mol. The Labute approximate surface area is 161 Å². The van der Waals surface area contributed by atoms with Crippen LogP contribution >= 0.6 is 11.3 Å². The Balaban J connectivity index is 1.47. The van der Waals surface area contributed by atoms with Crippen LogP contribution in [0.3, 0.4) is 0 Å². The molecular weight excluding hydrogens is 364 g/mol. The second-order valence-electron chi connectivity index (χ2n) is 8.12. The van der Waals surface area contributed by atoms with Crippen molar-refractivity contribution in [3.05, 3.63) is 44.0 Å². The molecule has 2 aliphatic carbocycles. The van der Waals surface area contributed by atoms with Gasteiger partial charge >= 0.3 is 5.91 Å². The van der Waals surface area contributed by atoms with Crippen LogP contribution in [0, 0.1) is 12.3 Å². The quantitative estimate of drug-likeness (QED) is 0.775. The van der Waals surface area contributed by atoms with Crippen molar-refractivity contribution in [2.45, 2.75) is 52.9 Å². The summed E-state index contributed by atoms with van der Waals surface area (Å²) in [4.78, 5) is 39.1. The van der Waals surface area contributed by atoms with E-state index < -0.39 is 5.91 Å². The monoisotopic (exact) mass is 386 g/mol. The Morgan fingerprint density at radius 1 is 1.15 bits per heavy atom. The molecule has 0 radical (unpaired) electrons. The first-order chi connectivity index (χ1) is 12.7. The van der Waals surface area contributed by atoms with Gasteiger partial charge in [0.05, 0.1) is 10.4 Å². The number of aryl methyl sites for hydroxylation is 2. The highest BCUT2D eigenvalue weighted by Crippen LogP contribution is 2.38. The highest BCUT2D eigenvalue weighted by Gasteiger charge is 2.37. The largest absolute Gasteiger partial charge is 0.455 e. The number of Topliss-reactive ketones (excluding diaryl/α,β-unsaturated/α-hetero) is 1. The second kappa shape index (κ2) is 6.34. The summed E-state index contributed by atoms with van der Waals surface area (Å²) in [7, 11) is 0. The number of thiophene rings is 1. The van der Waals surface area contributed by atoms with E-state index in [1.807, 2.05) is 19.9 Å². The maximum atomic E-state index is 12.5. The van der Waals surface area contributed by atoms with Gasteiger partial charge in [0.15, 0.2) is 11.5 Å². The van der Waals surface area contributed by atoms with Crippen LogP contribution in [0.2, 0.25) is 0 Å². The molecule has 0 aromatic carbocycles. The van der Waals surface area contributed by atoms with E-state index in [0.717, 1.165) is 19.3 Å². The van der Waals surface area contributed by atoms with Gasteiger partial charge in [-0.2, -0.15) is 0 Å². The van der Waals surface area contributed by atoms with Gasteiger partial charge in [0.25, 0.3) is 5.91 Å². The molecule has 0 bridgehead atoms. The standard InChI is InChI=1S/C20H22N2O4S/c1-10-16-12(23)8-20(2,3)9-13(16)26-17(10)19(25)22-21-18(24)15-7-11-5-4-6-14(11)27-15/h7H,4-6,8-9H2,1-3H3,(H,21,24)(H,22,25). The van der Waals surface area contributed by atoms with Gasteiger partial charge in [-0.25, -0.2) is 0 Å². The Morgan fingerprint density at radius 3 is 2.63 bits per heavy atom. The lowest BCUT2D eigenvalue weighted by Gasteiger charge is -2.27. The lowest BCUT2D eigenvalue weighted by atomic mass is 9.76. The molecule has 0 unspecified atom stereocenters. The van der Waals surface area contributed by atoms with E-state index in [1.54, 1.807) is 6.92 Å². The van der Waals surface area contributed by atoms with Crippen LogP contribution in [-0.2, 0) is 19.3 Å². The summed E-state index contributed by atoms with van der Waals surface area (Å²) in [6.07, 6.45) is 4.20. The van der Waals surface area contributed by atoms with E-state index in [1.165, 1.54) is 21.8 Å². The second-order valence-corrected chi connectivity index (χ2v) is 9.25. The Bertz CT molecular complexity index is 946. The number of carbonyl (C=O) groups excluding carboxylic acids is 3. The SMILES string of the molecule is Cc1c(C(=O)NNC(=O)c2cc3c(s2)CCC3)oc2c1C(=O)CC(C)(C)C2. The molecule has 2 aromatic heterocycles. The van der Waals surface area contributed by atoms with Gasteiger partial charge in [-0.15, -0.1) is 11.3 Å². The maximum Gasteiger partial charge on any atom is 0.305 e. The minimum atomic E-state index is -0.551. The third-order valence-corrected chi connectivity index (χ3v) is 6.48. The van der Waals surface area contributed by atoms with Crippen LogP contribution in [0.5, 0.6) is 0 Å². The zero-order valence-electron chi connectivity index (χ0n) is 15.7. The minimum Gasteiger partial charge on any atom is -0.455 e. The van der Waals surface area contributed by atoms with Crippen LogP contribution < -0.4 is 10.9 Å². The number of hydrogen-bond acceptors (Lipinski definition) is 5. The summed E-state index contributed by atoms with van der Waals surface area (Å²) >= 11 is 1.47. The van der Waals surface area contributed by atoms with Crippen LogP contribution in [0.1, 0.15) is 79.0 Å². The minimum absolute atomic E-state index is 0.00122. The molecular formula is C20H22N2O4S. The van der Waals surface area contributed by atoms with Gasteiger partial charge in [-0.1, -0.05) is 13.8 Å². The normalized spacial score (nSPS) is 17.4. The molecule has 0 atom stereocenters. The zero-order chi connectivity index (χ0) is 19.3. The fourth-order valence-electron chi connectivity index (χ4n) is 3.97. The van der Waals surface area contributed by atoms with E-state index >= 15 is 0 Å². The third kappa shape index (κ3) is 3.20. The van der Waals surface area contributed by atoms with Crippen LogP contribution in [0.15, 0.2) is 10.5 Å². The highest BCUT2D eigenvalue weighted by molar-refractivity contribution is 7.14. The molecule has 2 heterocycles. The Hall–Kier alpha value is -2.41. The Kier molecular flexibility index (Phi) is 4.22. The number of carbonyl (C=O) groups is 3. The van der Waals surface area contributed by atoms with Crippen molar-refractivity contribution < 1.29 is 18.8 Å². The maximum absolute atomic E-state index is 12.5. The molecule has 0 fully saturated rings. The predicted octanol–water partition coefficient (Wildman–Crippen LogP) is 3.37. The van der Waals surface area contributed by atoms with Crippen molar-refractivity contribution >= 4 is 28.9 Å². The summed E-state index contributed by atoms with van der Waals surface area (Å²) < 4.78 is 5.71. The smallest absolute Gasteiger partial charge is 0.305 e. The van der Waals surface area contributed by atoms with Gasteiger partial charge in [0, 0.05) is 23.3 Å². The molecule has 142 valence electrons. The Morgan fingerprint density at radius 2 is 1.89 bits per heavy atom. The molecule has 2 N–H and O–H groups in total. The molecule has 0 saturated heterocycles. The first-order valence-corrected chi connectivity index (χ1v) is 9.94. The molecule has 7 heteroatoms. The number of ketones is 1. The van der Waals surface area contributed by atoms with Crippen molar-refractivity contribution in [3.8, 4) is 0 Å². The molecule has 6 nitrogen and oxygen atoms in total. The van der Waals surface area contributed by atoms with Gasteiger partial charge < -0.3 is 4.42 Å². The van der Waals surface area contributed by atoms with E-state index in [2.05, 4.69) is 10.9 Å². The topological polar surface area (TPSA) is 88.4 Å². The summed E-state index contributed by atoms with van der Waals surface area (Å²) in [6, 6.07) is 1.89. The first kappa shape index (κ1) is 18.0. The van der Waals surface area contributed by atoms with E-state index in [9.17, 15) is 14.4 Å². The summed E-state index contributed by atoms with van der Waals surface area (Å²) in [5.74, 6) is -0.252. The van der Waals surface area contributed by atoms with E-state index in [-0.39, 0.29) is 22.9 Å². The van der Waals surface area contributed by atoms with Gasteiger partial charge in [-0.3, -0.25) is 25.2 Å². The van der Waals surface area contributed by atoms with E-state index in [4.69, 9.17) is 4.42 Å². The number of hydrazine groups is 1. The lowest BCUT2D eigenvalue weighted by molar-refractivity contribution is 0.0829. The number of rotatable bonds is 2. The number of nitrogens with one attached hydrogen (secondary N) is 2. The third-order valence-electron chi connectivity index (χ3n) is 5.24. The molecule has 2 aliphatic rings. The van der Waals surface area contributed by atoms with Gasteiger partial charge in [-0.05, 0) is 43.2 Å². The highest BCUT2D eigenvalue weighted by atomic mass is 32.1. The van der Waals surface area contributed by atoms with Crippen molar-refractivity contribution in [1.29, 1.82) is 0 Å². The number of fused-ring (bicyclic) bond motifs is 2. The summed E-state index contributed by atoms with van der Waals surface area (Å²) in [6.45, 7) is 5.72. The van der Waals surface area contributed by atoms with Gasteiger partial charge in [0.1, 0.15) is 5.76 Å². The zero-order valence-corrected chi connectivity index (χ0v) is 16.5. The number of amides is 2. The number of furan rings is 1. The molecule has 0 saturated carbocycles. The molecule has 0 spiro atoms. The van der Waals surface area contributed by atoms with Crippen molar-refractivity contribution in [2.75, 3.05) is 0 Å². The lowest BCUT2D eigenvalue weighted by Crippen LogP contribution is -2.41. The van der Waals surface area contributed by atoms with Crippen LogP contribution in [0.4, 0.5) is 0 Å². The average molecular weight is 386 g/mol. The summed E-state index contributed by atoms with van der Waals surface area (Å²) in [5, 5.41) is 0. The van der Waals surface area contributed by atoms with Crippen molar-refractivity contribution in [2.24, 2.45) is 5.41 Å². The van der Waals surface area contributed by atoms with Crippen LogP contribution in [-0.4, -0.2) is 17.6 Å². The van der Waals surface area contributed by atoms with E-state index in [0.29, 0.717) is 34.6 Å². The van der Waals surface area contributed by atoms with Crippen molar-refractivity contribution in [1.82, 2.24) is 10.9 Å². The molecule has 4 rings (SSSR count). The fraction of sp³-hybridized carbons (Fsp3) is 0.450. The molecule has 2 aromatic rings. The van der Waals surface area contributed by atoms with Crippen molar-refractivity contribution in [3.63, 3.8) is 0 Å². The first-order valence-electron chi connectivity index (χ1n) is 9.13. The van der Waals surface area contributed by atoms with Gasteiger partial charge in [0.2, 0.25) is 0 Å². The number of hydrogen-bond donors (Lipinski definition) is 2. The fourth-order valence-corrected chi connectivity index (χ4v) is 5.12. The summed E-state index contributed by atoms with van der Waals surface area (Å²) in [5.41, 5.74) is 6.95. The molecule has 27 heavy (non-hydrogen) atoms. The van der Waals surface area contributed by atoms with Crippen LogP contribution in [0.25, 0.3) is 0 Å². The average Bonchev–Trinajstić information content (AvgIpc) is 3.24.